The van der Waals surface area contributed by atoms with Crippen LogP contribution in [0.4, 0.5) is 0 Å². The van der Waals surface area contributed by atoms with Gasteiger partial charge in [-0.3, -0.25) is 4.90 Å². The number of ether oxygens (including phenoxy) is 1. The zero-order valence-corrected chi connectivity index (χ0v) is 29.2. The van der Waals surface area contributed by atoms with Crippen LogP contribution in [0.25, 0.3) is 43.2 Å². The Morgan fingerprint density at radius 2 is 1.81 bits per heavy atom. The maximum absolute atomic E-state index is 12.7. The van der Waals surface area contributed by atoms with Gasteiger partial charge in [-0.25, -0.2) is 24.4 Å². The zero-order valence-electron chi connectivity index (χ0n) is 27.6. The van der Waals surface area contributed by atoms with Gasteiger partial charge in [-0.2, -0.15) is 5.10 Å². The second-order valence-corrected chi connectivity index (χ2v) is 15.4. The number of hydrogen-bond donors (Lipinski definition) is 1. The molecule has 5 aromatic rings. The third kappa shape index (κ3) is 6.15. The lowest BCUT2D eigenvalue weighted by Crippen LogP contribution is -2.59. The van der Waals surface area contributed by atoms with Crippen molar-refractivity contribution in [2.24, 2.45) is 7.05 Å². The average molecular weight is 674 g/mol. The van der Waals surface area contributed by atoms with E-state index < -0.39 is 17.7 Å². The van der Waals surface area contributed by atoms with E-state index in [9.17, 15) is 9.90 Å². The molecule has 1 N–H and O–H groups in total. The maximum Gasteiger partial charge on any atom is 0.337 e. The Labute approximate surface area is 283 Å². The number of carbonyl (C=O) groups is 1. The summed E-state index contributed by atoms with van der Waals surface area (Å²) in [5.74, 6) is -0.723. The van der Waals surface area contributed by atoms with Crippen molar-refractivity contribution in [3.63, 3.8) is 0 Å². The van der Waals surface area contributed by atoms with Crippen molar-refractivity contribution < 1.29 is 14.6 Å². The molecule has 2 saturated heterocycles. The second kappa shape index (κ2) is 12.2. The molecule has 7 rings (SSSR count). The normalized spacial score (nSPS) is 17.9. The highest BCUT2D eigenvalue weighted by Crippen LogP contribution is 2.44. The standard InChI is InChI=1S/C35H40ClN7O3S/c1-19-15-24-31(27(20-7-9-22(36)10-8-20)26(19)30(34(44)45)46-35(2,3)4)47-33(39-24)25-16-37-32-29(38-25)28(40-42(32)6)21-11-13-43(14-12-21)23-17-41(5)18-23/h7-10,15-16,21,23,30H,11-14,17-18H2,1-6H3,(H,44,45)/t30-/m0/s1. The van der Waals surface area contributed by atoms with Crippen LogP contribution < -0.4 is 0 Å². The first kappa shape index (κ1) is 32.1. The summed E-state index contributed by atoms with van der Waals surface area (Å²) >= 11 is 7.75. The first-order chi connectivity index (χ1) is 22.4. The van der Waals surface area contributed by atoms with Crippen LogP contribution in [0.15, 0.2) is 36.5 Å². The van der Waals surface area contributed by atoms with Gasteiger partial charge in [0.25, 0.3) is 0 Å². The molecule has 3 aromatic heterocycles. The van der Waals surface area contributed by atoms with Crippen LogP contribution in [0.1, 0.15) is 62.5 Å². The number of hydrogen-bond acceptors (Lipinski definition) is 9. The topological polar surface area (TPSA) is 110 Å². The molecule has 2 aliphatic rings. The predicted octanol–water partition coefficient (Wildman–Crippen LogP) is 6.70. The number of carboxylic acids is 1. The molecule has 0 amide bonds. The van der Waals surface area contributed by atoms with Crippen LogP contribution in [0.5, 0.6) is 0 Å². The number of thiazole rings is 1. The fourth-order valence-corrected chi connectivity index (χ4v) is 8.21. The number of carboxylic acid groups (broad SMARTS) is 1. The van der Waals surface area contributed by atoms with E-state index in [1.165, 1.54) is 11.3 Å². The summed E-state index contributed by atoms with van der Waals surface area (Å²) in [6, 6.07) is 10.1. The third-order valence-electron chi connectivity index (χ3n) is 9.28. The van der Waals surface area contributed by atoms with Gasteiger partial charge < -0.3 is 14.7 Å². The summed E-state index contributed by atoms with van der Waals surface area (Å²) in [5, 5.41) is 16.6. The molecule has 2 aromatic carbocycles. The smallest absolute Gasteiger partial charge is 0.337 e. The molecular formula is C35H40ClN7O3S. The molecule has 0 bridgehead atoms. The molecular weight excluding hydrogens is 634 g/mol. The first-order valence-corrected chi connectivity index (χ1v) is 17.3. The molecule has 0 radical (unpaired) electrons. The number of aromatic nitrogens is 5. The van der Waals surface area contributed by atoms with Gasteiger partial charge in [0.2, 0.25) is 0 Å². The molecule has 0 saturated carbocycles. The highest BCUT2D eigenvalue weighted by atomic mass is 35.5. The van der Waals surface area contributed by atoms with E-state index in [4.69, 9.17) is 36.4 Å². The number of nitrogens with zero attached hydrogens (tertiary/aromatic N) is 7. The van der Waals surface area contributed by atoms with Crippen molar-refractivity contribution >= 4 is 50.3 Å². The van der Waals surface area contributed by atoms with Gasteiger partial charge in [0, 0.05) is 48.2 Å². The van der Waals surface area contributed by atoms with Crippen molar-refractivity contribution in [2.75, 3.05) is 33.2 Å². The third-order valence-corrected chi connectivity index (χ3v) is 10.6. The van der Waals surface area contributed by atoms with Crippen LogP contribution in [-0.2, 0) is 16.6 Å². The van der Waals surface area contributed by atoms with Crippen LogP contribution >= 0.6 is 22.9 Å². The van der Waals surface area contributed by atoms with E-state index in [-0.39, 0.29) is 0 Å². The number of likely N-dealkylation sites (tertiary alicyclic amines) is 2. The summed E-state index contributed by atoms with van der Waals surface area (Å²) in [5.41, 5.74) is 6.35. The average Bonchev–Trinajstić information content (AvgIpc) is 3.58. The fourth-order valence-electron chi connectivity index (χ4n) is 7.01. The summed E-state index contributed by atoms with van der Waals surface area (Å²) in [4.78, 5) is 32.7. The molecule has 0 aliphatic carbocycles. The lowest BCUT2D eigenvalue weighted by molar-refractivity contribution is -0.160. The largest absolute Gasteiger partial charge is 0.479 e. The number of benzene rings is 2. The summed E-state index contributed by atoms with van der Waals surface area (Å²) in [7, 11) is 4.11. The van der Waals surface area contributed by atoms with Gasteiger partial charge >= 0.3 is 5.97 Å². The van der Waals surface area contributed by atoms with E-state index in [0.29, 0.717) is 33.2 Å². The minimum absolute atomic E-state index is 0.324. The minimum Gasteiger partial charge on any atom is -0.479 e. The Bertz CT molecular complexity index is 1970. The number of aliphatic carboxylic acids is 1. The molecule has 2 aliphatic heterocycles. The van der Waals surface area contributed by atoms with E-state index in [2.05, 4.69) is 16.8 Å². The minimum atomic E-state index is -1.18. The van der Waals surface area contributed by atoms with E-state index in [1.54, 1.807) is 6.20 Å². The summed E-state index contributed by atoms with van der Waals surface area (Å²) in [6.07, 6.45) is 2.68. The van der Waals surface area contributed by atoms with Crippen molar-refractivity contribution in [3.8, 4) is 21.8 Å². The fraction of sp³-hybridized carbons (Fsp3) is 0.457. The van der Waals surface area contributed by atoms with Crippen molar-refractivity contribution in [3.05, 3.63) is 58.4 Å². The molecule has 1 atom stereocenters. The Morgan fingerprint density at radius 1 is 1.11 bits per heavy atom. The second-order valence-electron chi connectivity index (χ2n) is 13.9. The van der Waals surface area contributed by atoms with Crippen LogP contribution in [-0.4, -0.2) is 90.5 Å². The quantitative estimate of drug-likeness (QED) is 0.202. The summed E-state index contributed by atoms with van der Waals surface area (Å²) in [6.45, 7) is 11.9. The van der Waals surface area contributed by atoms with Crippen molar-refractivity contribution in [1.29, 1.82) is 0 Å². The maximum atomic E-state index is 12.7. The first-order valence-electron chi connectivity index (χ1n) is 16.1. The number of aryl methyl sites for hydroxylation is 2. The van der Waals surface area contributed by atoms with Crippen LogP contribution in [0.2, 0.25) is 5.02 Å². The Kier molecular flexibility index (Phi) is 8.33. The van der Waals surface area contributed by atoms with E-state index >= 15 is 0 Å². The lowest BCUT2D eigenvalue weighted by atomic mass is 9.91. The highest BCUT2D eigenvalue weighted by molar-refractivity contribution is 7.22. The monoisotopic (exact) mass is 673 g/mol. The van der Waals surface area contributed by atoms with Crippen LogP contribution in [0, 0.1) is 6.92 Å². The molecule has 47 heavy (non-hydrogen) atoms. The van der Waals surface area contributed by atoms with Crippen molar-refractivity contribution in [2.45, 2.75) is 64.2 Å². The SMILES string of the molecule is Cc1cc2nc(-c3cnc4c(n3)c(C3CCN(C5CN(C)C5)CC3)nn4C)sc2c(-c2ccc(Cl)cc2)c1[C@H](OC(C)(C)C)C(=O)O. The lowest BCUT2D eigenvalue weighted by Gasteiger charge is -2.46. The molecule has 2 fully saturated rings. The van der Waals surface area contributed by atoms with Crippen molar-refractivity contribution in [1.82, 2.24) is 34.5 Å². The van der Waals surface area contributed by atoms with Gasteiger partial charge in [-0.15, -0.1) is 11.3 Å². The molecule has 0 unspecified atom stereocenters. The van der Waals surface area contributed by atoms with Gasteiger partial charge in [0.1, 0.15) is 16.2 Å². The summed E-state index contributed by atoms with van der Waals surface area (Å²) < 4.78 is 8.86. The van der Waals surface area contributed by atoms with E-state index in [1.807, 2.05) is 69.8 Å². The van der Waals surface area contributed by atoms with Gasteiger partial charge in [0.15, 0.2) is 11.8 Å². The van der Waals surface area contributed by atoms with Gasteiger partial charge in [-0.1, -0.05) is 23.7 Å². The van der Waals surface area contributed by atoms with E-state index in [0.717, 1.165) is 82.8 Å². The Balaban J connectivity index is 1.31. The molecule has 5 heterocycles. The van der Waals surface area contributed by atoms with Crippen LogP contribution in [0.3, 0.4) is 0 Å². The number of piperidine rings is 1. The number of halogens is 1. The molecule has 0 spiro atoms. The number of rotatable bonds is 7. The molecule has 246 valence electrons. The molecule has 12 heteroatoms. The molecule has 10 nitrogen and oxygen atoms in total. The Morgan fingerprint density at radius 3 is 2.45 bits per heavy atom. The zero-order chi connectivity index (χ0) is 33.2. The highest BCUT2D eigenvalue weighted by Gasteiger charge is 2.35. The number of likely N-dealkylation sites (N-methyl/N-ethyl adjacent to an activating group) is 1. The Hall–Kier alpha value is -3.48. The number of fused-ring (bicyclic) bond motifs is 2. The van der Waals surface area contributed by atoms with Gasteiger partial charge in [-0.05, 0) is 90.0 Å². The predicted molar refractivity (Wildman–Crippen MR) is 186 cm³/mol. The van der Waals surface area contributed by atoms with Gasteiger partial charge in [0.05, 0.1) is 27.7 Å².